The summed E-state index contributed by atoms with van der Waals surface area (Å²) in [6, 6.07) is -8.10. The fraction of sp³-hybridized carbons (Fsp3) is 0.783. The predicted octanol–water partition coefficient (Wildman–Crippen LogP) is -0.163. The zero-order chi connectivity index (χ0) is 52.2. The van der Waals surface area contributed by atoms with Gasteiger partial charge in [0.25, 0.3) is 0 Å². The molecule has 6 N–H and O–H groups in total. The van der Waals surface area contributed by atoms with Crippen LogP contribution in [0.5, 0.6) is 0 Å². The Balaban J connectivity index is 5.74. The van der Waals surface area contributed by atoms with Gasteiger partial charge in [0.1, 0.15) is 42.3 Å². The maximum atomic E-state index is 13.8. The first-order chi connectivity index (χ1) is 31.0. The van der Waals surface area contributed by atoms with E-state index >= 15 is 0 Å². The number of carbonyl (C=O) groups excluding carboxylic acids is 10. The second kappa shape index (κ2) is 29.4. The Labute approximate surface area is 398 Å². The summed E-state index contributed by atoms with van der Waals surface area (Å²) in [5.74, 6) is -5.48. The van der Waals surface area contributed by atoms with Crippen molar-refractivity contribution >= 4 is 59.6 Å². The van der Waals surface area contributed by atoms with Gasteiger partial charge in [0.15, 0.2) is 0 Å². The highest BCUT2D eigenvalue weighted by molar-refractivity contribution is 5.96. The van der Waals surface area contributed by atoms with Crippen LogP contribution in [0.4, 0.5) is 0 Å². The molecular formula is C46H84N10O11. The average molecular weight is 953 g/mol. The highest BCUT2D eigenvalue weighted by Gasteiger charge is 2.36. The molecule has 0 radical (unpaired) electrons. The summed E-state index contributed by atoms with van der Waals surface area (Å²) < 4.78 is 0. The molecule has 0 saturated carbocycles. The Hall–Kier alpha value is -5.34. The third-order valence-electron chi connectivity index (χ3n) is 12.0. The molecule has 0 saturated heterocycles. The molecule has 0 unspecified atom stereocenters. The second-order valence-electron chi connectivity index (χ2n) is 18.8. The SMILES string of the molecule is CCCN(C)C(=O)[C@@H](NC(=O)[C@H](C)N(C)C(=O)[C@@H](CC(C)C)NC(=O)[C@H](C)N(C)C(=O)C[C@@H](C)NC(=O)[C@H](CC(C)C)NC(=O)[C@H](C)N(C)C(=O)CNC(=O)[C@H]([C@@H](C)CC)N(C)C=O)[C@@H](C)O. The van der Waals surface area contributed by atoms with Crippen LogP contribution >= 0.6 is 0 Å². The molecule has 0 aromatic heterocycles. The predicted molar refractivity (Wildman–Crippen MR) is 253 cm³/mol. The van der Waals surface area contributed by atoms with Crippen LogP contribution in [0, 0.1) is 17.8 Å². The van der Waals surface area contributed by atoms with Crippen LogP contribution in [0.3, 0.4) is 0 Å². The Morgan fingerprint density at radius 1 is 0.567 bits per heavy atom. The Bertz CT molecular complexity index is 1690. The van der Waals surface area contributed by atoms with Gasteiger partial charge in [-0.25, -0.2) is 0 Å². The van der Waals surface area contributed by atoms with Gasteiger partial charge < -0.3 is 56.2 Å². The summed E-state index contributed by atoms with van der Waals surface area (Å²) in [5, 5.41) is 23.6. The van der Waals surface area contributed by atoms with Crippen LogP contribution in [0.2, 0.25) is 0 Å². The fourth-order valence-corrected chi connectivity index (χ4v) is 7.05. The van der Waals surface area contributed by atoms with Crippen molar-refractivity contribution in [3.8, 4) is 0 Å². The summed E-state index contributed by atoms with van der Waals surface area (Å²) in [5.41, 5.74) is 0. The van der Waals surface area contributed by atoms with Crippen LogP contribution in [-0.4, -0.2) is 192 Å². The van der Waals surface area contributed by atoms with Gasteiger partial charge in [-0.1, -0.05) is 54.9 Å². The van der Waals surface area contributed by atoms with E-state index in [4.69, 9.17) is 0 Å². The van der Waals surface area contributed by atoms with Crippen molar-refractivity contribution in [2.45, 2.75) is 170 Å². The maximum absolute atomic E-state index is 13.8. The fourth-order valence-electron chi connectivity index (χ4n) is 7.05. The van der Waals surface area contributed by atoms with Crippen molar-refractivity contribution in [1.82, 2.24) is 51.1 Å². The summed E-state index contributed by atoms with van der Waals surface area (Å²) in [4.78, 5) is 138. The van der Waals surface area contributed by atoms with Gasteiger partial charge in [0, 0.05) is 54.2 Å². The number of hydrogen-bond acceptors (Lipinski definition) is 11. The minimum Gasteiger partial charge on any atom is -0.391 e. The summed E-state index contributed by atoms with van der Waals surface area (Å²) in [6.07, 6.45) is 0.816. The van der Waals surface area contributed by atoms with Crippen molar-refractivity contribution in [3.05, 3.63) is 0 Å². The number of amides is 10. The lowest BCUT2D eigenvalue weighted by Gasteiger charge is -2.33. The Morgan fingerprint density at radius 2 is 1.03 bits per heavy atom. The van der Waals surface area contributed by atoms with Crippen LogP contribution < -0.4 is 26.6 Å². The molecule has 21 heteroatoms. The molecule has 0 aromatic rings. The maximum Gasteiger partial charge on any atom is 0.247 e. The first-order valence-electron chi connectivity index (χ1n) is 23.4. The number of aliphatic hydroxyl groups is 1. The van der Waals surface area contributed by atoms with Crippen molar-refractivity contribution < 1.29 is 53.1 Å². The molecule has 0 heterocycles. The largest absolute Gasteiger partial charge is 0.391 e. The third-order valence-corrected chi connectivity index (χ3v) is 12.0. The standard InChI is InChI=1S/C46H84N10O11/c1-18-20-52(13)46(67)38(33(12)58)51-42(63)32(11)56(17)45(66)35(22-27(5)6)50-41(62)30(9)54(15)36(59)23-29(8)48-43(64)34(21-26(3)4)49-40(61)31(10)55(16)37(60)24-47-44(65)39(28(7)19-2)53(14)25-57/h25-35,38-39,58H,18-24H2,1-17H3,(H,47,65)(H,48,64)(H,49,61)(H,50,62)(H,51,63)/t28-,29+,30-,31-,32-,33+,34-,35+,38-,39-/m0/s1. The van der Waals surface area contributed by atoms with E-state index in [1.54, 1.807) is 14.0 Å². The van der Waals surface area contributed by atoms with Gasteiger partial charge in [-0.2, -0.15) is 0 Å². The third kappa shape index (κ3) is 19.8. The molecule has 0 aliphatic carbocycles. The lowest BCUT2D eigenvalue weighted by molar-refractivity contribution is -0.145. The minimum absolute atomic E-state index is 0.0476. The van der Waals surface area contributed by atoms with E-state index in [1.165, 1.54) is 70.6 Å². The van der Waals surface area contributed by atoms with E-state index in [-0.39, 0.29) is 37.0 Å². The van der Waals surface area contributed by atoms with Crippen LogP contribution in [-0.2, 0) is 47.9 Å². The molecule has 0 aliphatic rings. The van der Waals surface area contributed by atoms with Gasteiger partial charge in [-0.3, -0.25) is 47.9 Å². The van der Waals surface area contributed by atoms with Gasteiger partial charge in [-0.15, -0.1) is 0 Å². The number of likely N-dealkylation sites (N-methyl/N-ethyl adjacent to an activating group) is 5. The van der Waals surface area contributed by atoms with Gasteiger partial charge in [0.2, 0.25) is 59.6 Å². The smallest absolute Gasteiger partial charge is 0.247 e. The minimum atomic E-state index is -1.24. The first kappa shape index (κ1) is 61.7. The molecule has 0 spiro atoms. The van der Waals surface area contributed by atoms with Gasteiger partial charge in [-0.05, 0) is 71.6 Å². The second-order valence-corrected chi connectivity index (χ2v) is 18.8. The number of nitrogens with zero attached hydrogens (tertiary/aromatic N) is 5. The summed E-state index contributed by atoms with van der Waals surface area (Å²) >= 11 is 0. The molecule has 384 valence electrons. The summed E-state index contributed by atoms with van der Waals surface area (Å²) in [7, 11) is 7.25. The van der Waals surface area contributed by atoms with Crippen molar-refractivity contribution in [1.29, 1.82) is 0 Å². The lowest BCUT2D eigenvalue weighted by atomic mass is 9.97. The number of hydrogen-bond donors (Lipinski definition) is 6. The molecule has 10 amide bonds. The molecular weight excluding hydrogens is 869 g/mol. The Kier molecular flexibility index (Phi) is 27.1. The number of carbonyl (C=O) groups is 10. The van der Waals surface area contributed by atoms with Gasteiger partial charge >= 0.3 is 0 Å². The van der Waals surface area contributed by atoms with E-state index in [0.29, 0.717) is 25.8 Å². The number of nitrogens with one attached hydrogen (secondary N) is 5. The average Bonchev–Trinajstić information content (AvgIpc) is 3.26. The van der Waals surface area contributed by atoms with Crippen LogP contribution in [0.25, 0.3) is 0 Å². The molecule has 0 rings (SSSR count). The molecule has 0 aromatic carbocycles. The Morgan fingerprint density at radius 3 is 1.49 bits per heavy atom. The van der Waals surface area contributed by atoms with Crippen LogP contribution in [0.1, 0.15) is 115 Å². The zero-order valence-electron chi connectivity index (χ0n) is 43.2. The molecule has 0 fully saturated rings. The quantitative estimate of drug-likeness (QED) is 0.0537. The molecule has 0 bridgehead atoms. The van der Waals surface area contributed by atoms with E-state index in [1.807, 2.05) is 48.5 Å². The van der Waals surface area contributed by atoms with Crippen LogP contribution in [0.15, 0.2) is 0 Å². The molecule has 21 nitrogen and oxygen atoms in total. The topological polar surface area (TPSA) is 267 Å². The number of rotatable bonds is 29. The van der Waals surface area contributed by atoms with E-state index < -0.39 is 114 Å². The molecule has 10 atom stereocenters. The summed E-state index contributed by atoms with van der Waals surface area (Å²) in [6.45, 7) is 20.4. The normalized spacial score (nSPS) is 15.7. The lowest BCUT2D eigenvalue weighted by Crippen LogP contribution is -2.59. The number of aliphatic hydroxyl groups excluding tert-OH is 1. The molecule has 67 heavy (non-hydrogen) atoms. The first-order valence-corrected chi connectivity index (χ1v) is 23.4. The highest BCUT2D eigenvalue weighted by Crippen LogP contribution is 2.15. The zero-order valence-corrected chi connectivity index (χ0v) is 43.2. The van der Waals surface area contributed by atoms with Crippen molar-refractivity contribution in [2.75, 3.05) is 48.3 Å². The van der Waals surface area contributed by atoms with E-state index in [9.17, 15) is 53.1 Å². The van der Waals surface area contributed by atoms with Crippen molar-refractivity contribution in [3.63, 3.8) is 0 Å². The van der Waals surface area contributed by atoms with Crippen molar-refractivity contribution in [2.24, 2.45) is 17.8 Å². The van der Waals surface area contributed by atoms with E-state index in [0.717, 1.165) is 9.80 Å². The van der Waals surface area contributed by atoms with Gasteiger partial charge in [0.05, 0.1) is 12.6 Å². The monoisotopic (exact) mass is 953 g/mol. The highest BCUT2D eigenvalue weighted by atomic mass is 16.3. The van der Waals surface area contributed by atoms with E-state index in [2.05, 4.69) is 26.6 Å². The molecule has 0 aliphatic heterocycles.